The Balaban J connectivity index is 0. The first-order valence-electron chi connectivity index (χ1n) is 21.3. The van der Waals surface area contributed by atoms with Crippen molar-refractivity contribution < 1.29 is 47.8 Å². The van der Waals surface area contributed by atoms with Crippen LogP contribution in [0, 0.1) is 0 Å². The molecule has 0 aromatic carbocycles. The fourth-order valence-electron chi connectivity index (χ4n) is 5.75. The number of ether oxygens (including phenoxy) is 2. The van der Waals surface area contributed by atoms with E-state index in [1.54, 1.807) is 0 Å². The van der Waals surface area contributed by atoms with E-state index in [1.165, 1.54) is 83.5 Å². The monoisotopic (exact) mass is 798 g/mol. The van der Waals surface area contributed by atoms with Crippen molar-refractivity contribution in [1.82, 2.24) is 0 Å². The molecule has 0 aliphatic heterocycles. The standard InChI is InChI=1S/C42H79O10P.Na/c1-3-5-7-9-11-13-15-17-19-21-23-25-27-29-31-33-41(45)49-37-40(38-51-53(47,48)50-36-39(44)35-43)52-42(46)34-32-30-28-26-24-22-20-18-16-14-12-10-8-6-4-2;/h17-20,39-40,43-44H,3-16,21-38H2,1-2H3,(H,47,48);/b19-17+,20-18+;/t39?,40-;/m1./s1. The first-order valence-corrected chi connectivity index (χ1v) is 22.8. The van der Waals surface area contributed by atoms with Crippen LogP contribution in [0.5, 0.6) is 0 Å². The largest absolute Gasteiger partial charge is 0.472 e. The van der Waals surface area contributed by atoms with E-state index in [-0.39, 0.29) is 49.0 Å². The number of hydrogen-bond donors (Lipinski definition) is 3. The Bertz CT molecular complexity index is 948. The summed E-state index contributed by atoms with van der Waals surface area (Å²) in [5.41, 5.74) is 0. The zero-order valence-electron chi connectivity index (χ0n) is 34.7. The van der Waals surface area contributed by atoms with Gasteiger partial charge in [-0.3, -0.25) is 18.6 Å². The van der Waals surface area contributed by atoms with Gasteiger partial charge in [-0.2, -0.15) is 0 Å². The number of allylic oxidation sites excluding steroid dienone is 4. The molecular weight excluding hydrogens is 718 g/mol. The van der Waals surface area contributed by atoms with Crippen molar-refractivity contribution in [3.8, 4) is 0 Å². The number of unbranched alkanes of at least 4 members (excludes halogenated alkanes) is 22. The smallest absolute Gasteiger partial charge is 0.462 e. The van der Waals surface area contributed by atoms with Crippen LogP contribution in [0.15, 0.2) is 24.3 Å². The molecule has 0 aromatic heterocycles. The molecular formula is C42H79NaO10P. The fourth-order valence-corrected chi connectivity index (χ4v) is 6.54. The van der Waals surface area contributed by atoms with Crippen molar-refractivity contribution in [2.24, 2.45) is 0 Å². The molecule has 313 valence electrons. The molecule has 0 aliphatic rings. The van der Waals surface area contributed by atoms with Gasteiger partial charge >= 0.3 is 19.8 Å². The van der Waals surface area contributed by atoms with E-state index >= 15 is 0 Å². The quantitative estimate of drug-likeness (QED) is 0.0180. The van der Waals surface area contributed by atoms with E-state index in [2.05, 4.69) is 42.7 Å². The van der Waals surface area contributed by atoms with E-state index in [1.807, 2.05) is 0 Å². The van der Waals surface area contributed by atoms with Crippen LogP contribution < -0.4 is 0 Å². The van der Waals surface area contributed by atoms with E-state index in [0.29, 0.717) is 12.8 Å². The number of phosphoric acid groups is 1. The second-order valence-corrected chi connectivity index (χ2v) is 15.8. The minimum Gasteiger partial charge on any atom is -0.462 e. The van der Waals surface area contributed by atoms with Gasteiger partial charge in [0.2, 0.25) is 0 Å². The minimum absolute atomic E-state index is 0. The average Bonchev–Trinajstić information content (AvgIpc) is 3.14. The predicted octanol–water partition coefficient (Wildman–Crippen LogP) is 10.6. The number of aliphatic hydroxyl groups is 2. The third kappa shape index (κ3) is 41.1. The van der Waals surface area contributed by atoms with Gasteiger partial charge in [0.25, 0.3) is 0 Å². The van der Waals surface area contributed by atoms with Gasteiger partial charge in [0.15, 0.2) is 6.10 Å². The number of esters is 2. The van der Waals surface area contributed by atoms with Crippen LogP contribution in [0.25, 0.3) is 0 Å². The van der Waals surface area contributed by atoms with E-state index in [4.69, 9.17) is 19.1 Å². The molecule has 0 fully saturated rings. The SMILES string of the molecule is CCCCCCCC/C=C/CCCCCCCC(=O)OC[C@H](COP(=O)(O)OCC(O)CO)OC(=O)CCCCCCC/C=C/CCCCCCCC.[Na]. The van der Waals surface area contributed by atoms with E-state index in [9.17, 15) is 24.2 Å². The van der Waals surface area contributed by atoms with Crippen molar-refractivity contribution in [3.63, 3.8) is 0 Å². The van der Waals surface area contributed by atoms with Gasteiger partial charge in [0.1, 0.15) is 12.7 Å². The number of carbonyl (C=O) groups excluding carboxylic acids is 2. The molecule has 0 bridgehead atoms. The molecule has 0 amide bonds. The van der Waals surface area contributed by atoms with E-state index in [0.717, 1.165) is 70.6 Å². The molecule has 0 saturated carbocycles. The summed E-state index contributed by atoms with van der Waals surface area (Å²) in [6, 6.07) is 0. The summed E-state index contributed by atoms with van der Waals surface area (Å²) in [6.07, 6.45) is 37.1. The Morgan fingerprint density at radius 1 is 0.556 bits per heavy atom. The van der Waals surface area contributed by atoms with Gasteiger partial charge in [-0.15, -0.1) is 0 Å². The zero-order chi connectivity index (χ0) is 39.1. The molecule has 2 unspecified atom stereocenters. The molecule has 12 heteroatoms. The van der Waals surface area contributed by atoms with Gasteiger partial charge in [-0.05, 0) is 64.2 Å². The molecule has 0 aliphatic carbocycles. The number of hydrogen-bond acceptors (Lipinski definition) is 9. The van der Waals surface area contributed by atoms with Crippen LogP contribution in [-0.4, -0.2) is 95.2 Å². The van der Waals surface area contributed by atoms with Crippen LogP contribution >= 0.6 is 7.82 Å². The molecule has 10 nitrogen and oxygen atoms in total. The fraction of sp³-hybridized carbons (Fsp3) is 0.857. The topological polar surface area (TPSA) is 149 Å². The number of carbonyl (C=O) groups is 2. The molecule has 0 aromatic rings. The average molecular weight is 798 g/mol. The molecule has 1 radical (unpaired) electrons. The normalized spacial score (nSPS) is 13.9. The molecule has 3 atom stereocenters. The minimum atomic E-state index is -4.62. The van der Waals surface area contributed by atoms with Crippen LogP contribution in [0.3, 0.4) is 0 Å². The Morgan fingerprint density at radius 2 is 0.926 bits per heavy atom. The summed E-state index contributed by atoms with van der Waals surface area (Å²) in [4.78, 5) is 34.9. The summed E-state index contributed by atoms with van der Waals surface area (Å²) < 4.78 is 32.7. The molecule has 0 spiro atoms. The molecule has 3 N–H and O–H groups in total. The molecule has 0 saturated heterocycles. The Labute approximate surface area is 351 Å². The van der Waals surface area contributed by atoms with Crippen molar-refractivity contribution in [2.45, 2.75) is 206 Å². The van der Waals surface area contributed by atoms with Crippen molar-refractivity contribution in [2.75, 3.05) is 26.4 Å². The summed E-state index contributed by atoms with van der Waals surface area (Å²) in [5, 5.41) is 18.3. The van der Waals surface area contributed by atoms with Crippen LogP contribution in [0.4, 0.5) is 0 Å². The zero-order valence-corrected chi connectivity index (χ0v) is 37.6. The van der Waals surface area contributed by atoms with E-state index < -0.39 is 51.8 Å². The maximum absolute atomic E-state index is 12.6. The number of phosphoric ester groups is 1. The third-order valence-electron chi connectivity index (χ3n) is 9.08. The number of aliphatic hydroxyl groups excluding tert-OH is 2. The maximum Gasteiger partial charge on any atom is 0.472 e. The van der Waals surface area contributed by atoms with Gasteiger partial charge < -0.3 is 24.6 Å². The second-order valence-electron chi connectivity index (χ2n) is 14.4. The van der Waals surface area contributed by atoms with Crippen molar-refractivity contribution in [1.29, 1.82) is 0 Å². The predicted molar refractivity (Wildman–Crippen MR) is 220 cm³/mol. The van der Waals surface area contributed by atoms with Crippen LogP contribution in [-0.2, 0) is 32.7 Å². The maximum atomic E-state index is 12.6. The first-order chi connectivity index (χ1) is 25.7. The van der Waals surface area contributed by atoms with Gasteiger partial charge in [0, 0.05) is 42.4 Å². The summed E-state index contributed by atoms with van der Waals surface area (Å²) in [5.74, 6) is -0.940. The first kappa shape index (κ1) is 55.5. The molecule has 0 heterocycles. The van der Waals surface area contributed by atoms with Gasteiger partial charge in [-0.1, -0.05) is 141 Å². The summed E-state index contributed by atoms with van der Waals surface area (Å²) in [7, 11) is -4.62. The second kappa shape index (κ2) is 42.1. The van der Waals surface area contributed by atoms with Crippen molar-refractivity contribution in [3.05, 3.63) is 24.3 Å². The van der Waals surface area contributed by atoms with Crippen LogP contribution in [0.1, 0.15) is 194 Å². The van der Waals surface area contributed by atoms with Gasteiger partial charge in [-0.25, -0.2) is 4.57 Å². The summed E-state index contributed by atoms with van der Waals surface area (Å²) in [6.45, 7) is 2.36. The Morgan fingerprint density at radius 3 is 1.35 bits per heavy atom. The summed E-state index contributed by atoms with van der Waals surface area (Å²) >= 11 is 0. The van der Waals surface area contributed by atoms with Crippen LogP contribution in [0.2, 0.25) is 0 Å². The number of rotatable bonds is 40. The Hall–Kier alpha value is -0.550. The molecule has 54 heavy (non-hydrogen) atoms. The molecule has 0 rings (SSSR count). The third-order valence-corrected chi connectivity index (χ3v) is 10.0. The Kier molecular flexibility index (Phi) is 43.3. The van der Waals surface area contributed by atoms with Gasteiger partial charge in [0.05, 0.1) is 19.8 Å². The van der Waals surface area contributed by atoms with Crippen molar-refractivity contribution >= 4 is 49.3 Å².